The van der Waals surface area contributed by atoms with E-state index in [4.69, 9.17) is 11.6 Å². The SMILES string of the molecule is O=C(/C(=N\Nc1ccc([N+](=O)[O-])cc1[N+](=O)[O-])C1=NCCS1)c1ccc(Cl)cc1. The van der Waals surface area contributed by atoms with Crippen LogP contribution >= 0.6 is 23.4 Å². The number of thioether (sulfide) groups is 1. The van der Waals surface area contributed by atoms with Crippen LogP contribution in [0.15, 0.2) is 52.6 Å². The van der Waals surface area contributed by atoms with Crippen molar-refractivity contribution in [2.45, 2.75) is 0 Å². The van der Waals surface area contributed by atoms with Gasteiger partial charge in [-0.25, -0.2) is 0 Å². The number of carbonyl (C=O) groups is 1. The molecule has 1 N–H and O–H groups in total. The van der Waals surface area contributed by atoms with E-state index in [0.717, 1.165) is 18.2 Å². The molecule has 0 radical (unpaired) electrons. The van der Waals surface area contributed by atoms with Crippen molar-refractivity contribution in [2.75, 3.05) is 17.7 Å². The number of halogens is 1. The van der Waals surface area contributed by atoms with Gasteiger partial charge < -0.3 is 0 Å². The van der Waals surface area contributed by atoms with Gasteiger partial charge in [-0.1, -0.05) is 11.6 Å². The molecule has 0 aliphatic carbocycles. The summed E-state index contributed by atoms with van der Waals surface area (Å²) in [5.74, 6) is 0.242. The Bertz CT molecular complexity index is 1050. The van der Waals surface area contributed by atoms with Crippen LogP contribution in [0.25, 0.3) is 0 Å². The standard InChI is InChI=1S/C17H12ClN5O5S/c18-11-3-1-10(2-4-11)16(24)15(17-19-7-8-29-17)21-20-13-6-5-12(22(25)26)9-14(13)23(27)28/h1-6,9,20H,7-8H2/b21-15+. The third-order valence-electron chi connectivity index (χ3n) is 3.79. The van der Waals surface area contributed by atoms with Gasteiger partial charge in [0.2, 0.25) is 5.78 Å². The molecule has 29 heavy (non-hydrogen) atoms. The Labute approximate surface area is 173 Å². The van der Waals surface area contributed by atoms with Gasteiger partial charge in [-0.05, 0) is 30.3 Å². The number of Topliss-reactive ketones (excluding diaryl/α,β-unsaturated/α-hetero) is 1. The van der Waals surface area contributed by atoms with Crippen molar-refractivity contribution >= 4 is 57.0 Å². The van der Waals surface area contributed by atoms with E-state index in [1.165, 1.54) is 23.9 Å². The highest BCUT2D eigenvalue weighted by atomic mass is 35.5. The zero-order chi connectivity index (χ0) is 21.0. The van der Waals surface area contributed by atoms with Gasteiger partial charge >= 0.3 is 5.69 Å². The van der Waals surface area contributed by atoms with Gasteiger partial charge in [-0.15, -0.1) is 11.8 Å². The third kappa shape index (κ3) is 4.76. The molecule has 3 rings (SSSR count). The van der Waals surface area contributed by atoms with E-state index in [1.807, 2.05) is 0 Å². The lowest BCUT2D eigenvalue weighted by molar-refractivity contribution is -0.393. The van der Waals surface area contributed by atoms with Crippen molar-refractivity contribution in [1.29, 1.82) is 0 Å². The summed E-state index contributed by atoms with van der Waals surface area (Å²) in [6.07, 6.45) is 0. The second-order valence-electron chi connectivity index (χ2n) is 5.66. The van der Waals surface area contributed by atoms with E-state index in [9.17, 15) is 25.0 Å². The van der Waals surface area contributed by atoms with Crippen molar-refractivity contribution in [3.05, 3.63) is 73.3 Å². The maximum atomic E-state index is 12.9. The highest BCUT2D eigenvalue weighted by Crippen LogP contribution is 2.29. The monoisotopic (exact) mass is 433 g/mol. The fraction of sp³-hybridized carbons (Fsp3) is 0.118. The van der Waals surface area contributed by atoms with Crippen LogP contribution in [0.1, 0.15) is 10.4 Å². The molecule has 0 spiro atoms. The molecule has 0 bridgehead atoms. The van der Waals surface area contributed by atoms with Crippen molar-refractivity contribution in [3.8, 4) is 0 Å². The predicted octanol–water partition coefficient (Wildman–Crippen LogP) is 3.95. The summed E-state index contributed by atoms with van der Waals surface area (Å²) in [7, 11) is 0. The number of aliphatic imine (C=N–C) groups is 1. The molecule has 0 saturated heterocycles. The predicted molar refractivity (Wildman–Crippen MR) is 111 cm³/mol. The molecule has 0 unspecified atom stereocenters. The van der Waals surface area contributed by atoms with E-state index in [-0.39, 0.29) is 11.4 Å². The number of nitrogens with one attached hydrogen (secondary N) is 1. The Kier molecular flexibility index (Phi) is 6.20. The number of benzene rings is 2. The van der Waals surface area contributed by atoms with Gasteiger partial charge in [0, 0.05) is 29.0 Å². The average molecular weight is 434 g/mol. The molecule has 148 valence electrons. The Hall–Kier alpha value is -3.31. The number of hydrogen-bond acceptors (Lipinski definition) is 9. The zero-order valence-electron chi connectivity index (χ0n) is 14.6. The van der Waals surface area contributed by atoms with E-state index in [2.05, 4.69) is 15.5 Å². The molecule has 0 atom stereocenters. The summed E-state index contributed by atoms with van der Waals surface area (Å²) in [6.45, 7) is 0.518. The van der Waals surface area contributed by atoms with Crippen molar-refractivity contribution in [1.82, 2.24) is 0 Å². The van der Waals surface area contributed by atoms with Crippen LogP contribution in [0, 0.1) is 20.2 Å². The molecule has 0 saturated carbocycles. The smallest absolute Gasteiger partial charge is 0.287 e. The first-order valence-electron chi connectivity index (χ1n) is 8.11. The minimum Gasteiger partial charge on any atom is -0.287 e. The van der Waals surface area contributed by atoms with Gasteiger partial charge in [0.15, 0.2) is 5.71 Å². The van der Waals surface area contributed by atoms with Gasteiger partial charge in [-0.2, -0.15) is 5.10 Å². The summed E-state index contributed by atoms with van der Waals surface area (Å²) in [5.41, 5.74) is 1.73. The van der Waals surface area contributed by atoms with Crippen molar-refractivity contribution in [2.24, 2.45) is 10.1 Å². The highest BCUT2D eigenvalue weighted by Gasteiger charge is 2.24. The van der Waals surface area contributed by atoms with Crippen LogP contribution in [0.4, 0.5) is 17.1 Å². The molecule has 12 heteroatoms. The molecule has 2 aromatic rings. The summed E-state index contributed by atoms with van der Waals surface area (Å²) < 4.78 is 0. The minimum atomic E-state index is -0.770. The number of hydrogen-bond donors (Lipinski definition) is 1. The molecule has 1 heterocycles. The van der Waals surface area contributed by atoms with E-state index >= 15 is 0 Å². The first-order chi connectivity index (χ1) is 13.9. The van der Waals surface area contributed by atoms with Crippen LogP contribution < -0.4 is 5.43 Å². The summed E-state index contributed by atoms with van der Waals surface area (Å²) in [5, 5.41) is 27.1. The van der Waals surface area contributed by atoms with Gasteiger partial charge in [-0.3, -0.25) is 35.4 Å². The molecule has 1 aliphatic heterocycles. The first kappa shape index (κ1) is 20.4. The molecule has 1 aliphatic rings. The molecule has 0 fully saturated rings. The Balaban J connectivity index is 1.97. The number of rotatable bonds is 7. The number of anilines is 1. The second-order valence-corrected chi connectivity index (χ2v) is 7.18. The van der Waals surface area contributed by atoms with Gasteiger partial charge in [0.25, 0.3) is 5.69 Å². The van der Waals surface area contributed by atoms with E-state index in [0.29, 0.717) is 27.9 Å². The number of nitro groups is 2. The maximum absolute atomic E-state index is 12.9. The van der Waals surface area contributed by atoms with Gasteiger partial charge in [0.05, 0.1) is 15.9 Å². The summed E-state index contributed by atoms with van der Waals surface area (Å²) in [6, 6.07) is 9.28. The Morgan fingerprint density at radius 1 is 1.14 bits per heavy atom. The molecular weight excluding hydrogens is 422 g/mol. The fourth-order valence-corrected chi connectivity index (χ4v) is 3.37. The van der Waals surface area contributed by atoms with Crippen LogP contribution in [-0.4, -0.2) is 38.7 Å². The van der Waals surface area contributed by atoms with Crippen LogP contribution in [-0.2, 0) is 0 Å². The van der Waals surface area contributed by atoms with Crippen molar-refractivity contribution in [3.63, 3.8) is 0 Å². The molecule has 0 aromatic heterocycles. The minimum absolute atomic E-state index is 0.0116. The lowest BCUT2D eigenvalue weighted by Crippen LogP contribution is -2.23. The van der Waals surface area contributed by atoms with Gasteiger partial charge in [0.1, 0.15) is 10.7 Å². The number of carbonyl (C=O) groups excluding carboxylic acids is 1. The summed E-state index contributed by atoms with van der Waals surface area (Å²) >= 11 is 7.19. The fourth-order valence-electron chi connectivity index (χ4n) is 2.41. The van der Waals surface area contributed by atoms with Crippen LogP contribution in [0.3, 0.4) is 0 Å². The third-order valence-corrected chi connectivity index (χ3v) is 5.02. The average Bonchev–Trinajstić information content (AvgIpc) is 3.22. The number of non-ortho nitro benzene ring substituents is 1. The van der Waals surface area contributed by atoms with Crippen molar-refractivity contribution < 1.29 is 14.6 Å². The van der Waals surface area contributed by atoms with E-state index < -0.39 is 27.0 Å². The lowest BCUT2D eigenvalue weighted by atomic mass is 10.1. The molecule has 0 amide bonds. The maximum Gasteiger partial charge on any atom is 0.301 e. The van der Waals surface area contributed by atoms with Crippen LogP contribution in [0.5, 0.6) is 0 Å². The number of nitrogens with zero attached hydrogens (tertiary/aromatic N) is 4. The normalized spacial score (nSPS) is 13.7. The number of hydrazone groups is 1. The summed E-state index contributed by atoms with van der Waals surface area (Å²) in [4.78, 5) is 37.8. The topological polar surface area (TPSA) is 140 Å². The second kappa shape index (κ2) is 8.80. The van der Waals surface area contributed by atoms with Crippen LogP contribution in [0.2, 0.25) is 5.02 Å². The Morgan fingerprint density at radius 3 is 2.45 bits per heavy atom. The first-order valence-corrected chi connectivity index (χ1v) is 9.47. The Morgan fingerprint density at radius 2 is 1.86 bits per heavy atom. The molecule has 10 nitrogen and oxygen atoms in total. The number of nitro benzene ring substituents is 2. The quantitative estimate of drug-likeness (QED) is 0.301. The van der Waals surface area contributed by atoms with E-state index in [1.54, 1.807) is 12.1 Å². The largest absolute Gasteiger partial charge is 0.301 e. The zero-order valence-corrected chi connectivity index (χ0v) is 16.1. The molecular formula is C17H12ClN5O5S. The highest BCUT2D eigenvalue weighted by molar-refractivity contribution is 8.16. The lowest BCUT2D eigenvalue weighted by Gasteiger charge is -2.07. The molecule has 2 aromatic carbocycles. The number of ketones is 1.